The lowest BCUT2D eigenvalue weighted by Gasteiger charge is -2.33. The molecule has 1 saturated heterocycles. The van der Waals surface area contributed by atoms with Gasteiger partial charge in [0.1, 0.15) is 5.75 Å². The molecule has 0 radical (unpaired) electrons. The topological polar surface area (TPSA) is 67.3 Å². The molecule has 0 spiro atoms. The van der Waals surface area contributed by atoms with Crippen LogP contribution >= 0.6 is 23.2 Å². The lowest BCUT2D eigenvalue weighted by molar-refractivity contribution is 0.0711. The number of rotatable bonds is 4. The molecule has 2 aromatic carbocycles. The van der Waals surface area contributed by atoms with Gasteiger partial charge in [0.15, 0.2) is 0 Å². The molecule has 29 heavy (non-hydrogen) atoms. The number of likely N-dealkylation sites (tertiary alicyclic amines) is 1. The van der Waals surface area contributed by atoms with Crippen molar-refractivity contribution in [3.8, 4) is 5.75 Å². The maximum Gasteiger partial charge on any atom is 0.257 e. The third-order valence-corrected chi connectivity index (χ3v) is 5.45. The molecule has 1 amide bonds. The molecule has 150 valence electrons. The molecule has 1 aliphatic rings. The molecule has 3 aromatic rings. The first-order chi connectivity index (χ1) is 14.0. The molecular weight excluding hydrogens is 411 g/mol. The molecule has 1 atom stereocenters. The number of fused-ring (bicyclic) bond motifs is 1. The fraction of sp³-hybridized carbons (Fsp3) is 0.286. The molecule has 1 N–H and O–H groups in total. The van der Waals surface area contributed by atoms with Gasteiger partial charge in [0, 0.05) is 40.8 Å². The largest absolute Gasteiger partial charge is 0.496 e. The molecule has 0 bridgehead atoms. The number of amides is 1. The lowest BCUT2D eigenvalue weighted by Crippen LogP contribution is -2.45. The molecule has 8 heteroatoms. The van der Waals surface area contributed by atoms with Crippen LogP contribution in [-0.2, 0) is 0 Å². The molecule has 0 saturated carbocycles. The Morgan fingerprint density at radius 2 is 2.00 bits per heavy atom. The first-order valence-corrected chi connectivity index (χ1v) is 10.1. The molecule has 2 heterocycles. The quantitative estimate of drug-likeness (QED) is 0.651. The van der Waals surface area contributed by atoms with E-state index in [0.29, 0.717) is 40.4 Å². The molecule has 1 fully saturated rings. The molecule has 4 rings (SSSR count). The number of nitrogens with zero attached hydrogens (tertiary/aromatic N) is 3. The number of carbonyl (C=O) groups is 1. The highest BCUT2D eigenvalue weighted by molar-refractivity contribution is 6.31. The minimum absolute atomic E-state index is 0.0580. The van der Waals surface area contributed by atoms with Gasteiger partial charge >= 0.3 is 0 Å². The second-order valence-corrected chi connectivity index (χ2v) is 7.85. The van der Waals surface area contributed by atoms with E-state index in [1.165, 1.54) is 7.11 Å². The van der Waals surface area contributed by atoms with Crippen molar-refractivity contribution in [2.24, 2.45) is 0 Å². The van der Waals surface area contributed by atoms with Gasteiger partial charge in [-0.2, -0.15) is 0 Å². The van der Waals surface area contributed by atoms with Crippen molar-refractivity contribution in [3.63, 3.8) is 0 Å². The van der Waals surface area contributed by atoms with E-state index in [-0.39, 0.29) is 11.9 Å². The number of ether oxygens (including phenoxy) is 1. The van der Waals surface area contributed by atoms with Crippen LogP contribution in [0.15, 0.2) is 42.6 Å². The Labute approximate surface area is 178 Å². The normalized spacial score (nSPS) is 16.7. The van der Waals surface area contributed by atoms with Gasteiger partial charge in [-0.25, -0.2) is 9.97 Å². The highest BCUT2D eigenvalue weighted by Gasteiger charge is 2.26. The number of hydrogen-bond acceptors (Lipinski definition) is 5. The van der Waals surface area contributed by atoms with E-state index in [4.69, 9.17) is 27.9 Å². The van der Waals surface area contributed by atoms with Crippen LogP contribution in [0.5, 0.6) is 5.75 Å². The SMILES string of the molecule is COc1cc(Cl)ccc1C(=O)N1CCCC(Nc2ncc3ccc(Cl)cc3n2)C1. The van der Waals surface area contributed by atoms with Gasteiger partial charge in [0.25, 0.3) is 5.91 Å². The van der Waals surface area contributed by atoms with Crippen molar-refractivity contribution in [1.82, 2.24) is 14.9 Å². The number of halogens is 2. The Morgan fingerprint density at radius 3 is 2.83 bits per heavy atom. The van der Waals surface area contributed by atoms with Crippen LogP contribution in [0.1, 0.15) is 23.2 Å². The number of benzene rings is 2. The first kappa shape index (κ1) is 19.7. The predicted molar refractivity (Wildman–Crippen MR) is 115 cm³/mol. The molecule has 1 aliphatic heterocycles. The first-order valence-electron chi connectivity index (χ1n) is 9.35. The van der Waals surface area contributed by atoms with E-state index in [9.17, 15) is 4.79 Å². The van der Waals surface area contributed by atoms with E-state index in [1.807, 2.05) is 23.1 Å². The van der Waals surface area contributed by atoms with Crippen LogP contribution in [0.25, 0.3) is 10.9 Å². The monoisotopic (exact) mass is 430 g/mol. The zero-order valence-electron chi connectivity index (χ0n) is 15.9. The van der Waals surface area contributed by atoms with Crippen molar-refractivity contribution in [1.29, 1.82) is 0 Å². The van der Waals surface area contributed by atoms with Crippen LogP contribution in [0, 0.1) is 0 Å². The number of methoxy groups -OCH3 is 1. The van der Waals surface area contributed by atoms with Crippen molar-refractivity contribution >= 4 is 46.0 Å². The summed E-state index contributed by atoms with van der Waals surface area (Å²) in [5.41, 5.74) is 1.29. The predicted octanol–water partition coefficient (Wildman–Crippen LogP) is 4.66. The number of nitrogens with one attached hydrogen (secondary N) is 1. The zero-order chi connectivity index (χ0) is 20.4. The van der Waals surface area contributed by atoms with E-state index in [2.05, 4.69) is 15.3 Å². The minimum atomic E-state index is -0.0729. The fourth-order valence-electron chi connectivity index (χ4n) is 3.54. The molecule has 6 nitrogen and oxygen atoms in total. The van der Waals surface area contributed by atoms with Crippen LogP contribution in [-0.4, -0.2) is 47.0 Å². The van der Waals surface area contributed by atoms with Crippen LogP contribution < -0.4 is 10.1 Å². The Bertz CT molecular complexity index is 1060. The second kappa shape index (κ2) is 8.43. The van der Waals surface area contributed by atoms with E-state index < -0.39 is 0 Å². The number of piperidine rings is 1. The summed E-state index contributed by atoms with van der Waals surface area (Å²) in [6, 6.07) is 10.6. The van der Waals surface area contributed by atoms with E-state index in [0.717, 1.165) is 23.7 Å². The van der Waals surface area contributed by atoms with Crippen molar-refractivity contribution in [2.45, 2.75) is 18.9 Å². The van der Waals surface area contributed by atoms with Crippen molar-refractivity contribution in [2.75, 3.05) is 25.5 Å². The maximum absolute atomic E-state index is 13.0. The minimum Gasteiger partial charge on any atom is -0.496 e. The summed E-state index contributed by atoms with van der Waals surface area (Å²) in [6.07, 6.45) is 3.59. The average molecular weight is 431 g/mol. The van der Waals surface area contributed by atoms with Gasteiger partial charge in [0.05, 0.1) is 18.2 Å². The van der Waals surface area contributed by atoms with Crippen molar-refractivity contribution in [3.05, 3.63) is 58.2 Å². The smallest absolute Gasteiger partial charge is 0.257 e. The fourth-order valence-corrected chi connectivity index (χ4v) is 3.87. The number of carbonyl (C=O) groups excluding carboxylic acids is 1. The summed E-state index contributed by atoms with van der Waals surface area (Å²) in [4.78, 5) is 23.8. The van der Waals surface area contributed by atoms with Gasteiger partial charge in [-0.05, 0) is 49.2 Å². The van der Waals surface area contributed by atoms with E-state index >= 15 is 0 Å². The Kier molecular flexibility index (Phi) is 5.74. The summed E-state index contributed by atoms with van der Waals surface area (Å²) in [6.45, 7) is 1.25. The molecular formula is C21H20Cl2N4O2. The van der Waals surface area contributed by atoms with Gasteiger partial charge in [-0.1, -0.05) is 23.2 Å². The molecule has 1 aromatic heterocycles. The van der Waals surface area contributed by atoms with Crippen LogP contribution in [0.2, 0.25) is 10.0 Å². The molecule has 1 unspecified atom stereocenters. The Morgan fingerprint density at radius 1 is 1.21 bits per heavy atom. The standard InChI is InChI=1S/C21H20Cl2N4O2/c1-29-19-10-15(23)6-7-17(19)20(28)27-8-2-3-16(12-27)25-21-24-11-13-4-5-14(22)9-18(13)26-21/h4-7,9-11,16H,2-3,8,12H2,1H3,(H,24,25,26). The van der Waals surface area contributed by atoms with Gasteiger partial charge < -0.3 is 15.0 Å². The summed E-state index contributed by atoms with van der Waals surface area (Å²) in [5, 5.41) is 5.45. The average Bonchev–Trinajstić information content (AvgIpc) is 2.73. The highest BCUT2D eigenvalue weighted by atomic mass is 35.5. The third kappa shape index (κ3) is 4.38. The summed E-state index contributed by atoms with van der Waals surface area (Å²) in [5.74, 6) is 0.937. The highest BCUT2D eigenvalue weighted by Crippen LogP contribution is 2.26. The molecule has 0 aliphatic carbocycles. The summed E-state index contributed by atoms with van der Waals surface area (Å²) >= 11 is 12.1. The number of aromatic nitrogens is 2. The third-order valence-electron chi connectivity index (χ3n) is 4.98. The van der Waals surface area contributed by atoms with Crippen molar-refractivity contribution < 1.29 is 9.53 Å². The van der Waals surface area contributed by atoms with Gasteiger partial charge in [-0.3, -0.25) is 4.79 Å². The van der Waals surface area contributed by atoms with Crippen LogP contribution in [0.4, 0.5) is 5.95 Å². The summed E-state index contributed by atoms with van der Waals surface area (Å²) < 4.78 is 5.33. The van der Waals surface area contributed by atoms with E-state index in [1.54, 1.807) is 24.4 Å². The Hall–Kier alpha value is -2.57. The van der Waals surface area contributed by atoms with Gasteiger partial charge in [-0.15, -0.1) is 0 Å². The zero-order valence-corrected chi connectivity index (χ0v) is 17.4. The Balaban J connectivity index is 1.49. The number of anilines is 1. The second-order valence-electron chi connectivity index (χ2n) is 6.98. The number of hydrogen-bond donors (Lipinski definition) is 1. The van der Waals surface area contributed by atoms with Gasteiger partial charge in [0.2, 0.25) is 5.95 Å². The van der Waals surface area contributed by atoms with Crippen LogP contribution in [0.3, 0.4) is 0 Å². The maximum atomic E-state index is 13.0. The summed E-state index contributed by atoms with van der Waals surface area (Å²) in [7, 11) is 1.53. The lowest BCUT2D eigenvalue weighted by atomic mass is 10.0.